The number of nitrogens with zero attached hydrogens (tertiary/aromatic N) is 1. The second-order valence-corrected chi connectivity index (χ2v) is 5.61. The van der Waals surface area contributed by atoms with Gasteiger partial charge in [0.05, 0.1) is 12.7 Å². The van der Waals surface area contributed by atoms with Gasteiger partial charge in [-0.15, -0.1) is 0 Å². The van der Waals surface area contributed by atoms with E-state index in [1.54, 1.807) is 0 Å². The molecule has 0 spiro atoms. The topological polar surface area (TPSA) is 34.4 Å². The lowest BCUT2D eigenvalue weighted by Crippen LogP contribution is -2.14. The van der Waals surface area contributed by atoms with Crippen molar-refractivity contribution < 1.29 is 9.84 Å². The van der Waals surface area contributed by atoms with E-state index in [1.807, 2.05) is 0 Å². The van der Waals surface area contributed by atoms with E-state index in [2.05, 4.69) is 30.7 Å². The third kappa shape index (κ3) is 3.36. The number of aliphatic hydroxyl groups excluding tert-OH is 1. The molecule has 0 fully saturated rings. The highest BCUT2D eigenvalue weighted by molar-refractivity contribution is 5.27. The Morgan fingerprint density at radius 1 is 1.44 bits per heavy atom. The molecular formula is C15H25NO2. The lowest BCUT2D eigenvalue weighted by atomic mass is 9.95. The SMILES string of the molecule is CC(C)CCOCCn1ccc2c1CCCC2O. The van der Waals surface area contributed by atoms with Crippen LogP contribution >= 0.6 is 0 Å². The Morgan fingerprint density at radius 3 is 3.06 bits per heavy atom. The molecular weight excluding hydrogens is 226 g/mol. The molecule has 18 heavy (non-hydrogen) atoms. The van der Waals surface area contributed by atoms with Crippen molar-refractivity contribution in [2.45, 2.75) is 52.2 Å². The highest BCUT2D eigenvalue weighted by atomic mass is 16.5. The zero-order valence-corrected chi connectivity index (χ0v) is 11.6. The molecule has 1 aromatic heterocycles. The maximum absolute atomic E-state index is 9.90. The molecule has 0 saturated heterocycles. The number of hydrogen-bond acceptors (Lipinski definition) is 2. The number of rotatable bonds is 6. The van der Waals surface area contributed by atoms with Gasteiger partial charge in [0, 0.05) is 30.6 Å². The van der Waals surface area contributed by atoms with Crippen molar-refractivity contribution in [1.29, 1.82) is 0 Å². The highest BCUT2D eigenvalue weighted by Crippen LogP contribution is 2.30. The largest absolute Gasteiger partial charge is 0.388 e. The second kappa shape index (κ2) is 6.39. The van der Waals surface area contributed by atoms with Crippen LogP contribution in [0.1, 0.15) is 50.5 Å². The molecule has 0 amide bonds. The van der Waals surface area contributed by atoms with E-state index in [0.717, 1.165) is 51.0 Å². The van der Waals surface area contributed by atoms with Crippen LogP contribution in [0, 0.1) is 5.92 Å². The minimum Gasteiger partial charge on any atom is -0.388 e. The van der Waals surface area contributed by atoms with Crippen LogP contribution in [0.15, 0.2) is 12.3 Å². The third-order valence-electron chi connectivity index (χ3n) is 3.68. The zero-order chi connectivity index (χ0) is 13.0. The van der Waals surface area contributed by atoms with E-state index < -0.39 is 0 Å². The maximum Gasteiger partial charge on any atom is 0.0807 e. The molecule has 2 rings (SSSR count). The molecule has 0 bridgehead atoms. The zero-order valence-electron chi connectivity index (χ0n) is 11.6. The summed E-state index contributed by atoms with van der Waals surface area (Å²) >= 11 is 0. The monoisotopic (exact) mass is 251 g/mol. The van der Waals surface area contributed by atoms with Crippen molar-refractivity contribution in [3.8, 4) is 0 Å². The van der Waals surface area contributed by atoms with Crippen LogP contribution in [0.3, 0.4) is 0 Å². The van der Waals surface area contributed by atoms with Gasteiger partial charge >= 0.3 is 0 Å². The first kappa shape index (κ1) is 13.6. The number of ether oxygens (including phenoxy) is 1. The molecule has 0 saturated carbocycles. The van der Waals surface area contributed by atoms with Gasteiger partial charge in [0.15, 0.2) is 0 Å². The van der Waals surface area contributed by atoms with Crippen molar-refractivity contribution >= 4 is 0 Å². The molecule has 3 nitrogen and oxygen atoms in total. The summed E-state index contributed by atoms with van der Waals surface area (Å²) in [6.07, 6.45) is 6.05. The Balaban J connectivity index is 1.80. The van der Waals surface area contributed by atoms with Crippen LogP contribution in [-0.4, -0.2) is 22.9 Å². The minimum atomic E-state index is -0.253. The van der Waals surface area contributed by atoms with Crippen LogP contribution < -0.4 is 0 Å². The van der Waals surface area contributed by atoms with Crippen molar-refractivity contribution in [2.75, 3.05) is 13.2 Å². The summed E-state index contributed by atoms with van der Waals surface area (Å²) in [4.78, 5) is 0. The number of aromatic nitrogens is 1. The minimum absolute atomic E-state index is 0.253. The summed E-state index contributed by atoms with van der Waals surface area (Å²) < 4.78 is 7.90. The Morgan fingerprint density at radius 2 is 2.28 bits per heavy atom. The van der Waals surface area contributed by atoms with Gasteiger partial charge in [-0.25, -0.2) is 0 Å². The second-order valence-electron chi connectivity index (χ2n) is 5.61. The fraction of sp³-hybridized carbons (Fsp3) is 0.733. The molecule has 1 unspecified atom stereocenters. The highest BCUT2D eigenvalue weighted by Gasteiger charge is 2.20. The summed E-state index contributed by atoms with van der Waals surface area (Å²) in [6.45, 7) is 6.95. The molecule has 3 heteroatoms. The Kier molecular flexibility index (Phi) is 4.84. The fourth-order valence-electron chi connectivity index (χ4n) is 2.53. The van der Waals surface area contributed by atoms with Gasteiger partial charge in [0.25, 0.3) is 0 Å². The molecule has 1 N–H and O–H groups in total. The molecule has 1 aliphatic carbocycles. The van der Waals surface area contributed by atoms with Crippen LogP contribution in [-0.2, 0) is 17.7 Å². The van der Waals surface area contributed by atoms with E-state index in [4.69, 9.17) is 4.74 Å². The number of aliphatic hydroxyl groups is 1. The first-order valence-electron chi connectivity index (χ1n) is 7.12. The summed E-state index contributed by atoms with van der Waals surface area (Å²) in [5, 5.41) is 9.90. The van der Waals surface area contributed by atoms with Crippen LogP contribution in [0.2, 0.25) is 0 Å². The van der Waals surface area contributed by atoms with Gasteiger partial charge in [0.1, 0.15) is 0 Å². The molecule has 1 heterocycles. The Bertz CT molecular complexity index is 371. The predicted molar refractivity (Wildman–Crippen MR) is 72.6 cm³/mol. The van der Waals surface area contributed by atoms with E-state index in [9.17, 15) is 5.11 Å². The molecule has 0 radical (unpaired) electrons. The Labute approximate surface area is 110 Å². The van der Waals surface area contributed by atoms with Gasteiger partial charge in [-0.1, -0.05) is 13.8 Å². The maximum atomic E-state index is 9.90. The first-order chi connectivity index (χ1) is 8.68. The van der Waals surface area contributed by atoms with Gasteiger partial charge in [0.2, 0.25) is 0 Å². The van der Waals surface area contributed by atoms with Crippen molar-refractivity contribution in [3.63, 3.8) is 0 Å². The first-order valence-corrected chi connectivity index (χ1v) is 7.12. The van der Waals surface area contributed by atoms with Crippen molar-refractivity contribution in [1.82, 2.24) is 4.57 Å². The predicted octanol–water partition coefficient (Wildman–Crippen LogP) is 2.92. The van der Waals surface area contributed by atoms with E-state index >= 15 is 0 Å². The lowest BCUT2D eigenvalue weighted by molar-refractivity contribution is 0.115. The molecule has 102 valence electrons. The standard InChI is InChI=1S/C15H25NO2/c1-12(2)7-10-18-11-9-16-8-6-13-14(16)4-3-5-15(13)17/h6,8,12,15,17H,3-5,7,9-11H2,1-2H3. The number of hydrogen-bond donors (Lipinski definition) is 1. The van der Waals surface area contributed by atoms with Crippen LogP contribution in [0.5, 0.6) is 0 Å². The molecule has 0 aromatic carbocycles. The van der Waals surface area contributed by atoms with Gasteiger partial charge in [-0.05, 0) is 37.7 Å². The molecule has 0 aliphatic heterocycles. The average Bonchev–Trinajstić information content (AvgIpc) is 2.73. The normalized spacial score (nSPS) is 19.2. The summed E-state index contributed by atoms with van der Waals surface area (Å²) in [6, 6.07) is 2.06. The van der Waals surface area contributed by atoms with E-state index in [0.29, 0.717) is 5.92 Å². The quantitative estimate of drug-likeness (QED) is 0.789. The van der Waals surface area contributed by atoms with Gasteiger partial charge in [-0.3, -0.25) is 0 Å². The van der Waals surface area contributed by atoms with Crippen LogP contribution in [0.25, 0.3) is 0 Å². The van der Waals surface area contributed by atoms with Crippen molar-refractivity contribution in [3.05, 3.63) is 23.5 Å². The fourth-order valence-corrected chi connectivity index (χ4v) is 2.53. The summed E-state index contributed by atoms with van der Waals surface area (Å²) in [7, 11) is 0. The van der Waals surface area contributed by atoms with Crippen LogP contribution in [0.4, 0.5) is 0 Å². The average molecular weight is 251 g/mol. The summed E-state index contributed by atoms with van der Waals surface area (Å²) in [5.74, 6) is 0.708. The van der Waals surface area contributed by atoms with Gasteiger partial charge < -0.3 is 14.4 Å². The molecule has 1 aliphatic rings. The van der Waals surface area contributed by atoms with Gasteiger partial charge in [-0.2, -0.15) is 0 Å². The summed E-state index contributed by atoms with van der Waals surface area (Å²) in [5.41, 5.74) is 2.43. The lowest BCUT2D eigenvalue weighted by Gasteiger charge is -2.20. The van der Waals surface area contributed by atoms with Crippen molar-refractivity contribution in [2.24, 2.45) is 5.92 Å². The van der Waals surface area contributed by atoms with E-state index in [1.165, 1.54) is 5.69 Å². The third-order valence-corrected chi connectivity index (χ3v) is 3.68. The van der Waals surface area contributed by atoms with E-state index in [-0.39, 0.29) is 6.10 Å². The Hall–Kier alpha value is -0.800. The number of fused-ring (bicyclic) bond motifs is 1. The smallest absolute Gasteiger partial charge is 0.0807 e. The molecule has 1 aromatic rings. The molecule has 1 atom stereocenters.